The summed E-state index contributed by atoms with van der Waals surface area (Å²) in [6.45, 7) is 2.61. The number of nitrogens with one attached hydrogen (secondary N) is 1. The van der Waals surface area contributed by atoms with Crippen LogP contribution < -0.4 is 14.8 Å². The lowest BCUT2D eigenvalue weighted by atomic mass is 10.2. The van der Waals surface area contributed by atoms with Crippen LogP contribution in [0.4, 0.5) is 5.69 Å². The van der Waals surface area contributed by atoms with Gasteiger partial charge in [0.25, 0.3) is 0 Å². The molecule has 0 aromatic heterocycles. The Kier molecular flexibility index (Phi) is 5.38. The van der Waals surface area contributed by atoms with Crippen LogP contribution in [0.5, 0.6) is 11.5 Å². The Bertz CT molecular complexity index is 371. The number of benzene rings is 1. The predicted octanol–water partition coefficient (Wildman–Crippen LogP) is 2.80. The van der Waals surface area contributed by atoms with Gasteiger partial charge in [0.2, 0.25) is 0 Å². The van der Waals surface area contributed by atoms with Crippen LogP contribution in [-0.2, 0) is 4.74 Å². The van der Waals surface area contributed by atoms with Gasteiger partial charge < -0.3 is 19.5 Å². The van der Waals surface area contributed by atoms with Crippen molar-refractivity contribution in [3.63, 3.8) is 0 Å². The SMILES string of the molecule is COCC(C)Nc1cc(OC)c(OC)cc1Cl. The molecule has 1 aromatic rings. The summed E-state index contributed by atoms with van der Waals surface area (Å²) in [4.78, 5) is 0. The van der Waals surface area contributed by atoms with E-state index < -0.39 is 0 Å². The Hall–Kier alpha value is -1.13. The molecule has 0 radical (unpaired) electrons. The van der Waals surface area contributed by atoms with Crippen molar-refractivity contribution in [2.24, 2.45) is 0 Å². The second-order valence-corrected chi connectivity index (χ2v) is 4.09. The molecule has 0 aliphatic rings. The lowest BCUT2D eigenvalue weighted by Gasteiger charge is -2.17. The first-order valence-corrected chi connectivity index (χ1v) is 5.67. The lowest BCUT2D eigenvalue weighted by Crippen LogP contribution is -2.21. The molecule has 17 heavy (non-hydrogen) atoms. The van der Waals surface area contributed by atoms with Gasteiger partial charge in [0, 0.05) is 25.3 Å². The highest BCUT2D eigenvalue weighted by atomic mass is 35.5. The van der Waals surface area contributed by atoms with Crippen LogP contribution in [0.25, 0.3) is 0 Å². The zero-order valence-corrected chi connectivity index (χ0v) is 11.3. The molecule has 0 heterocycles. The lowest BCUT2D eigenvalue weighted by molar-refractivity contribution is 0.190. The molecular weight excluding hydrogens is 242 g/mol. The summed E-state index contributed by atoms with van der Waals surface area (Å²) in [6.07, 6.45) is 0. The van der Waals surface area contributed by atoms with Crippen molar-refractivity contribution in [3.05, 3.63) is 17.2 Å². The van der Waals surface area contributed by atoms with E-state index in [0.717, 1.165) is 5.69 Å². The van der Waals surface area contributed by atoms with Gasteiger partial charge in [0.15, 0.2) is 11.5 Å². The highest BCUT2D eigenvalue weighted by Crippen LogP contribution is 2.36. The first kappa shape index (κ1) is 13.9. The minimum atomic E-state index is 0.163. The van der Waals surface area contributed by atoms with Crippen LogP contribution in [0.2, 0.25) is 5.02 Å². The van der Waals surface area contributed by atoms with E-state index in [-0.39, 0.29) is 6.04 Å². The Morgan fingerprint density at radius 3 is 2.29 bits per heavy atom. The molecule has 1 atom stereocenters. The molecular formula is C12H18ClNO3. The van der Waals surface area contributed by atoms with Crippen molar-refractivity contribution in [2.75, 3.05) is 33.3 Å². The Morgan fingerprint density at radius 1 is 1.18 bits per heavy atom. The Morgan fingerprint density at radius 2 is 1.76 bits per heavy atom. The van der Waals surface area contributed by atoms with Crippen LogP contribution >= 0.6 is 11.6 Å². The molecule has 0 amide bonds. The Labute approximate surface area is 107 Å². The predicted molar refractivity (Wildman–Crippen MR) is 69.5 cm³/mol. The van der Waals surface area contributed by atoms with Gasteiger partial charge in [-0.2, -0.15) is 0 Å². The van der Waals surface area contributed by atoms with Gasteiger partial charge in [-0.25, -0.2) is 0 Å². The topological polar surface area (TPSA) is 39.7 Å². The molecule has 4 nitrogen and oxygen atoms in total. The number of halogens is 1. The molecule has 0 saturated heterocycles. The van der Waals surface area contributed by atoms with Crippen LogP contribution in [0.1, 0.15) is 6.92 Å². The van der Waals surface area contributed by atoms with Gasteiger partial charge >= 0.3 is 0 Å². The zero-order chi connectivity index (χ0) is 12.8. The molecule has 96 valence electrons. The summed E-state index contributed by atoms with van der Waals surface area (Å²) >= 11 is 6.14. The van der Waals surface area contributed by atoms with Gasteiger partial charge in [-0.15, -0.1) is 0 Å². The van der Waals surface area contributed by atoms with Gasteiger partial charge in [-0.1, -0.05) is 11.6 Å². The maximum atomic E-state index is 6.14. The molecule has 0 bridgehead atoms. The minimum absolute atomic E-state index is 0.163. The van der Waals surface area contributed by atoms with E-state index in [1.165, 1.54) is 0 Å². The van der Waals surface area contributed by atoms with E-state index in [9.17, 15) is 0 Å². The quantitative estimate of drug-likeness (QED) is 0.853. The van der Waals surface area contributed by atoms with Gasteiger partial charge in [-0.3, -0.25) is 0 Å². The fourth-order valence-corrected chi connectivity index (χ4v) is 1.73. The fraction of sp³-hybridized carbons (Fsp3) is 0.500. The summed E-state index contributed by atoms with van der Waals surface area (Å²) in [5.74, 6) is 1.26. The maximum absolute atomic E-state index is 6.14. The third-order valence-electron chi connectivity index (χ3n) is 2.29. The summed E-state index contributed by atoms with van der Waals surface area (Å²) in [5, 5.41) is 3.83. The standard InChI is InChI=1S/C12H18ClNO3/c1-8(7-15-2)14-10-6-12(17-4)11(16-3)5-9(10)13/h5-6,8,14H,7H2,1-4H3. The van der Waals surface area contributed by atoms with Crippen molar-refractivity contribution in [2.45, 2.75) is 13.0 Å². The molecule has 1 N–H and O–H groups in total. The summed E-state index contributed by atoms with van der Waals surface area (Å²) in [7, 11) is 4.83. The molecule has 1 aromatic carbocycles. The van der Waals surface area contributed by atoms with E-state index in [1.54, 1.807) is 27.4 Å². The minimum Gasteiger partial charge on any atom is -0.493 e. The molecule has 5 heteroatoms. The first-order valence-electron chi connectivity index (χ1n) is 5.29. The average Bonchev–Trinajstić information content (AvgIpc) is 2.31. The third-order valence-corrected chi connectivity index (χ3v) is 2.60. The molecule has 1 rings (SSSR count). The van der Waals surface area contributed by atoms with Crippen molar-refractivity contribution < 1.29 is 14.2 Å². The largest absolute Gasteiger partial charge is 0.493 e. The van der Waals surface area contributed by atoms with Crippen LogP contribution in [-0.4, -0.2) is 34.0 Å². The number of ether oxygens (including phenoxy) is 3. The number of methoxy groups -OCH3 is 3. The van der Waals surface area contributed by atoms with E-state index in [2.05, 4.69) is 5.32 Å². The first-order chi connectivity index (χ1) is 8.12. The highest BCUT2D eigenvalue weighted by Gasteiger charge is 2.11. The maximum Gasteiger partial charge on any atom is 0.162 e. The number of rotatable bonds is 6. The smallest absolute Gasteiger partial charge is 0.162 e. The number of hydrogen-bond acceptors (Lipinski definition) is 4. The molecule has 0 fully saturated rings. The molecule has 0 saturated carbocycles. The van der Waals surface area contributed by atoms with Gasteiger partial charge in [0.1, 0.15) is 0 Å². The second-order valence-electron chi connectivity index (χ2n) is 3.69. The normalized spacial score (nSPS) is 12.1. The van der Waals surface area contributed by atoms with Crippen molar-refractivity contribution >= 4 is 17.3 Å². The van der Waals surface area contributed by atoms with E-state index in [1.807, 2.05) is 13.0 Å². The van der Waals surface area contributed by atoms with E-state index in [4.69, 9.17) is 25.8 Å². The van der Waals surface area contributed by atoms with Crippen molar-refractivity contribution in [3.8, 4) is 11.5 Å². The molecule has 0 aliphatic carbocycles. The van der Waals surface area contributed by atoms with Crippen LogP contribution in [0.15, 0.2) is 12.1 Å². The summed E-state index contributed by atoms with van der Waals surface area (Å²) < 4.78 is 15.4. The Balaban J connectivity index is 2.92. The number of hydrogen-bond donors (Lipinski definition) is 1. The third kappa shape index (κ3) is 3.68. The van der Waals surface area contributed by atoms with Crippen molar-refractivity contribution in [1.29, 1.82) is 0 Å². The van der Waals surface area contributed by atoms with Crippen LogP contribution in [0.3, 0.4) is 0 Å². The monoisotopic (exact) mass is 259 g/mol. The van der Waals surface area contributed by atoms with Crippen molar-refractivity contribution in [1.82, 2.24) is 0 Å². The van der Waals surface area contributed by atoms with E-state index in [0.29, 0.717) is 23.1 Å². The number of anilines is 1. The summed E-state index contributed by atoms with van der Waals surface area (Å²) in [6, 6.07) is 3.70. The second kappa shape index (κ2) is 6.57. The average molecular weight is 260 g/mol. The van der Waals surface area contributed by atoms with Gasteiger partial charge in [0.05, 0.1) is 31.5 Å². The zero-order valence-electron chi connectivity index (χ0n) is 10.5. The molecule has 0 aliphatic heterocycles. The molecule has 0 spiro atoms. The van der Waals surface area contributed by atoms with E-state index >= 15 is 0 Å². The fourth-order valence-electron chi connectivity index (χ4n) is 1.52. The van der Waals surface area contributed by atoms with Crippen LogP contribution in [0, 0.1) is 0 Å². The molecule has 1 unspecified atom stereocenters. The van der Waals surface area contributed by atoms with Gasteiger partial charge in [-0.05, 0) is 6.92 Å². The summed E-state index contributed by atoms with van der Waals surface area (Å²) in [5.41, 5.74) is 0.800. The highest BCUT2D eigenvalue weighted by molar-refractivity contribution is 6.33.